The van der Waals surface area contributed by atoms with Crippen LogP contribution >= 0.6 is 46.7 Å². The van der Waals surface area contributed by atoms with Crippen LogP contribution in [0.5, 0.6) is 0 Å². The molecule has 0 atom stereocenters. The maximum atomic E-state index is 4.68. The van der Waals surface area contributed by atoms with Gasteiger partial charge in [0.2, 0.25) is 0 Å². The molecule has 1 N–H and O–H groups in total. The van der Waals surface area contributed by atoms with Crippen molar-refractivity contribution in [3.8, 4) is 0 Å². The summed E-state index contributed by atoms with van der Waals surface area (Å²) in [6, 6.07) is 4.31. The first-order chi connectivity index (χ1) is 11.7. The fourth-order valence-electron chi connectivity index (χ4n) is 2.76. The molecule has 3 rings (SSSR count). The number of hydrogen-bond donors (Lipinski definition) is 1. The molecule has 2 aromatic heterocycles. The number of nitrogens with zero attached hydrogens (tertiary/aromatic N) is 4. The van der Waals surface area contributed by atoms with Crippen molar-refractivity contribution in [1.82, 2.24) is 15.2 Å². The van der Waals surface area contributed by atoms with Gasteiger partial charge < -0.3 is 15.1 Å². The zero-order valence-corrected chi connectivity index (χ0v) is 18.9. The van der Waals surface area contributed by atoms with Gasteiger partial charge in [0.1, 0.15) is 0 Å². The number of nitrogens with one attached hydrogen (secondary N) is 1. The number of aliphatic imine (C=N–C) groups is 1. The Bertz CT molecular complexity index is 660. The predicted molar refractivity (Wildman–Crippen MR) is 120 cm³/mol. The molecule has 0 saturated carbocycles. The molecule has 0 aromatic carbocycles. The van der Waals surface area contributed by atoms with Crippen LogP contribution < -0.4 is 10.2 Å². The zero-order valence-electron chi connectivity index (χ0n) is 14.9. The van der Waals surface area contributed by atoms with E-state index in [9.17, 15) is 0 Å². The van der Waals surface area contributed by atoms with Crippen LogP contribution in [0.15, 0.2) is 27.9 Å². The molecule has 0 unspecified atom stereocenters. The van der Waals surface area contributed by atoms with E-state index in [1.54, 1.807) is 11.3 Å². The van der Waals surface area contributed by atoms with Gasteiger partial charge >= 0.3 is 0 Å². The van der Waals surface area contributed by atoms with Crippen LogP contribution in [-0.4, -0.2) is 49.1 Å². The van der Waals surface area contributed by atoms with E-state index in [2.05, 4.69) is 61.8 Å². The summed E-state index contributed by atoms with van der Waals surface area (Å²) in [6.07, 6.45) is 0. The van der Waals surface area contributed by atoms with Gasteiger partial charge in [0, 0.05) is 44.5 Å². The van der Waals surface area contributed by atoms with Crippen LogP contribution in [0, 0.1) is 0 Å². The minimum atomic E-state index is 0. The standard InChI is InChI=1S/C17H25N5S2.HI/c1-13(2)16-20-14(12-24-16)11-19-17(18-3)22-8-6-21(7-9-22)15-5-4-10-23-15;/h4-5,10,12-13H,6-9,11H2,1-3H3,(H,18,19);1H. The Labute approximate surface area is 175 Å². The number of rotatable bonds is 4. The molecular weight excluding hydrogens is 465 g/mol. The molecule has 25 heavy (non-hydrogen) atoms. The molecule has 0 bridgehead atoms. The van der Waals surface area contributed by atoms with Gasteiger partial charge in [0.25, 0.3) is 0 Å². The fraction of sp³-hybridized carbons (Fsp3) is 0.529. The lowest BCUT2D eigenvalue weighted by Gasteiger charge is -2.36. The molecule has 0 radical (unpaired) electrons. The van der Waals surface area contributed by atoms with Crippen molar-refractivity contribution in [3.63, 3.8) is 0 Å². The number of anilines is 1. The molecule has 0 amide bonds. The van der Waals surface area contributed by atoms with Crippen molar-refractivity contribution in [1.29, 1.82) is 0 Å². The number of hydrogen-bond acceptors (Lipinski definition) is 5. The van der Waals surface area contributed by atoms with Crippen LogP contribution in [0.3, 0.4) is 0 Å². The Morgan fingerprint density at radius 2 is 2.04 bits per heavy atom. The highest BCUT2D eigenvalue weighted by Gasteiger charge is 2.20. The van der Waals surface area contributed by atoms with Gasteiger partial charge in [-0.3, -0.25) is 4.99 Å². The maximum Gasteiger partial charge on any atom is 0.194 e. The van der Waals surface area contributed by atoms with Gasteiger partial charge in [-0.2, -0.15) is 0 Å². The van der Waals surface area contributed by atoms with Crippen molar-refractivity contribution < 1.29 is 0 Å². The van der Waals surface area contributed by atoms with E-state index in [-0.39, 0.29) is 24.0 Å². The van der Waals surface area contributed by atoms with Gasteiger partial charge in [-0.1, -0.05) is 13.8 Å². The molecule has 1 aliphatic heterocycles. The van der Waals surface area contributed by atoms with Crippen molar-refractivity contribution in [3.05, 3.63) is 33.6 Å². The Balaban J connectivity index is 0.00000225. The van der Waals surface area contributed by atoms with Crippen LogP contribution in [0.2, 0.25) is 0 Å². The molecule has 5 nitrogen and oxygen atoms in total. The van der Waals surface area contributed by atoms with Crippen LogP contribution in [-0.2, 0) is 6.54 Å². The first-order valence-electron chi connectivity index (χ1n) is 8.35. The highest BCUT2D eigenvalue weighted by molar-refractivity contribution is 14.0. The smallest absolute Gasteiger partial charge is 0.194 e. The molecule has 8 heteroatoms. The van der Waals surface area contributed by atoms with E-state index >= 15 is 0 Å². The van der Waals surface area contributed by atoms with Gasteiger partial charge in [-0.05, 0) is 17.5 Å². The monoisotopic (exact) mass is 491 g/mol. The molecule has 1 fully saturated rings. The quantitative estimate of drug-likeness (QED) is 0.401. The maximum absolute atomic E-state index is 4.68. The summed E-state index contributed by atoms with van der Waals surface area (Å²) in [4.78, 5) is 13.9. The summed E-state index contributed by atoms with van der Waals surface area (Å²) in [5.41, 5.74) is 1.10. The second-order valence-electron chi connectivity index (χ2n) is 6.16. The second kappa shape index (κ2) is 9.72. The van der Waals surface area contributed by atoms with Crippen LogP contribution in [0.25, 0.3) is 0 Å². The van der Waals surface area contributed by atoms with E-state index in [1.807, 2.05) is 18.4 Å². The average Bonchev–Trinajstić information content (AvgIpc) is 3.28. The third-order valence-corrected chi connectivity index (χ3v) is 6.22. The lowest BCUT2D eigenvalue weighted by Crippen LogP contribution is -2.52. The summed E-state index contributed by atoms with van der Waals surface area (Å²) in [5, 5.41) is 10.3. The highest BCUT2D eigenvalue weighted by Crippen LogP contribution is 2.22. The normalized spacial score (nSPS) is 15.4. The van der Waals surface area contributed by atoms with Crippen molar-refractivity contribution in [2.24, 2.45) is 4.99 Å². The molecule has 1 aliphatic rings. The van der Waals surface area contributed by atoms with E-state index in [0.717, 1.165) is 44.4 Å². The minimum Gasteiger partial charge on any atom is -0.360 e. The molecule has 1 saturated heterocycles. The third kappa shape index (κ3) is 5.30. The Morgan fingerprint density at radius 3 is 2.60 bits per heavy atom. The largest absolute Gasteiger partial charge is 0.360 e. The lowest BCUT2D eigenvalue weighted by molar-refractivity contribution is 0.373. The van der Waals surface area contributed by atoms with Crippen molar-refractivity contribution >= 4 is 57.6 Å². The summed E-state index contributed by atoms with van der Waals surface area (Å²) in [6.45, 7) is 9.16. The van der Waals surface area contributed by atoms with E-state index in [1.165, 1.54) is 10.0 Å². The molecule has 0 aliphatic carbocycles. The number of piperazine rings is 1. The zero-order chi connectivity index (χ0) is 16.9. The Hall–Kier alpha value is -0.870. The third-order valence-electron chi connectivity index (χ3n) is 4.10. The number of thiazole rings is 1. The van der Waals surface area contributed by atoms with E-state index < -0.39 is 0 Å². The van der Waals surface area contributed by atoms with Gasteiger partial charge in [-0.15, -0.1) is 46.7 Å². The molecule has 3 heterocycles. The predicted octanol–water partition coefficient (Wildman–Crippen LogP) is 3.84. The summed E-state index contributed by atoms with van der Waals surface area (Å²) in [5.74, 6) is 1.47. The average molecular weight is 491 g/mol. The summed E-state index contributed by atoms with van der Waals surface area (Å²) >= 11 is 3.55. The molecule has 138 valence electrons. The van der Waals surface area contributed by atoms with E-state index in [4.69, 9.17) is 0 Å². The van der Waals surface area contributed by atoms with E-state index in [0.29, 0.717) is 5.92 Å². The van der Waals surface area contributed by atoms with Crippen molar-refractivity contribution in [2.75, 3.05) is 38.1 Å². The topological polar surface area (TPSA) is 43.8 Å². The summed E-state index contributed by atoms with van der Waals surface area (Å²) < 4.78 is 0. The highest BCUT2D eigenvalue weighted by atomic mass is 127. The number of aromatic nitrogens is 1. The molecule has 2 aromatic rings. The first kappa shape index (κ1) is 20.4. The van der Waals surface area contributed by atoms with Gasteiger partial charge in [0.05, 0.1) is 22.2 Å². The first-order valence-corrected chi connectivity index (χ1v) is 10.1. The van der Waals surface area contributed by atoms with Crippen LogP contribution in [0.4, 0.5) is 5.00 Å². The lowest BCUT2D eigenvalue weighted by atomic mass is 10.2. The Kier molecular flexibility index (Phi) is 7.95. The fourth-order valence-corrected chi connectivity index (χ4v) is 4.38. The second-order valence-corrected chi connectivity index (χ2v) is 7.97. The minimum absolute atomic E-state index is 0. The molecule has 0 spiro atoms. The number of guanidine groups is 1. The number of thiophene rings is 1. The summed E-state index contributed by atoms with van der Waals surface area (Å²) in [7, 11) is 1.86. The SMILES string of the molecule is CN=C(NCc1csc(C(C)C)n1)N1CCN(c2cccs2)CC1.I. The van der Waals surface area contributed by atoms with Crippen molar-refractivity contribution in [2.45, 2.75) is 26.3 Å². The Morgan fingerprint density at radius 1 is 1.28 bits per heavy atom. The number of halogens is 1. The van der Waals surface area contributed by atoms with Gasteiger partial charge in [0.15, 0.2) is 5.96 Å². The van der Waals surface area contributed by atoms with Gasteiger partial charge in [-0.25, -0.2) is 4.98 Å². The molecular formula is C17H26IN5S2. The van der Waals surface area contributed by atoms with Crippen LogP contribution in [0.1, 0.15) is 30.5 Å².